The number of hydrogen-bond donors (Lipinski definition) is 2. The highest BCUT2D eigenvalue weighted by molar-refractivity contribution is 14.0. The molecule has 3 rings (SSSR count). The Balaban J connectivity index is 0.00000300. The van der Waals surface area contributed by atoms with Gasteiger partial charge in [0, 0.05) is 19.6 Å². The molecule has 0 spiro atoms. The molecule has 10 heteroatoms. The number of nitrogens with one attached hydrogen (secondary N) is 2. The van der Waals surface area contributed by atoms with Crippen LogP contribution in [0.15, 0.2) is 33.7 Å². The maximum atomic E-state index is 12.8. The number of para-hydroxylation sites is 1. The number of halogens is 1. The number of aromatic nitrogens is 1. The van der Waals surface area contributed by atoms with E-state index in [0.717, 1.165) is 29.1 Å². The van der Waals surface area contributed by atoms with Gasteiger partial charge in [-0.2, -0.15) is 0 Å². The topological polar surface area (TPSA) is 99.8 Å². The molecular formula is C19H28IN5O3S. The molecule has 2 heterocycles. The van der Waals surface area contributed by atoms with Crippen LogP contribution in [0.3, 0.4) is 0 Å². The molecule has 0 fully saturated rings. The van der Waals surface area contributed by atoms with Gasteiger partial charge >= 0.3 is 0 Å². The van der Waals surface area contributed by atoms with Crippen molar-refractivity contribution in [3.8, 4) is 0 Å². The normalized spacial score (nSPS) is 13.8. The predicted molar refractivity (Wildman–Crippen MR) is 125 cm³/mol. The zero-order valence-electron chi connectivity index (χ0n) is 16.9. The minimum Gasteiger partial charge on any atom is -0.444 e. The number of aryl methyl sites for hydroxylation is 2. The SMILES string of the molecule is CCNC(=NCc1nc(C)c(C)o1)NCCS(=O)(=O)N1CCc2ccccc21.I. The fourth-order valence-electron chi connectivity index (χ4n) is 3.10. The Bertz CT molecular complexity index is 939. The van der Waals surface area contributed by atoms with Crippen LogP contribution < -0.4 is 14.9 Å². The zero-order chi connectivity index (χ0) is 20.1. The van der Waals surface area contributed by atoms with Crippen molar-refractivity contribution >= 4 is 45.6 Å². The Kier molecular flexibility index (Phi) is 8.32. The molecule has 0 amide bonds. The van der Waals surface area contributed by atoms with E-state index in [2.05, 4.69) is 20.6 Å². The first-order chi connectivity index (χ1) is 13.4. The second kappa shape index (κ2) is 10.3. The molecule has 0 saturated carbocycles. The van der Waals surface area contributed by atoms with Gasteiger partial charge in [-0.05, 0) is 38.8 Å². The molecule has 0 unspecified atom stereocenters. The molecule has 1 aliphatic rings. The average Bonchev–Trinajstić information content (AvgIpc) is 3.23. The lowest BCUT2D eigenvalue weighted by Crippen LogP contribution is -2.42. The standard InChI is InChI=1S/C19H27N5O3S.HI/c1-4-20-19(22-13-18-23-14(2)15(3)27-18)21-10-12-28(25,26)24-11-9-16-7-5-6-8-17(16)24;/h5-8H,4,9-13H2,1-3H3,(H2,20,21,22);1H. The fraction of sp³-hybridized carbons (Fsp3) is 0.474. The average molecular weight is 533 g/mol. The summed E-state index contributed by atoms with van der Waals surface area (Å²) < 4.78 is 32.5. The Hall–Kier alpha value is -1.82. The van der Waals surface area contributed by atoms with Crippen LogP contribution in [-0.2, 0) is 23.0 Å². The van der Waals surface area contributed by atoms with Crippen molar-refractivity contribution in [2.75, 3.05) is 29.7 Å². The van der Waals surface area contributed by atoms with E-state index in [1.165, 1.54) is 4.31 Å². The Morgan fingerprint density at radius 3 is 2.72 bits per heavy atom. The molecule has 8 nitrogen and oxygen atoms in total. The maximum Gasteiger partial charge on any atom is 0.236 e. The molecule has 0 radical (unpaired) electrons. The molecule has 1 aromatic heterocycles. The van der Waals surface area contributed by atoms with Gasteiger partial charge in [0.05, 0.1) is 17.1 Å². The molecule has 0 saturated heterocycles. The zero-order valence-corrected chi connectivity index (χ0v) is 20.1. The lowest BCUT2D eigenvalue weighted by atomic mass is 10.2. The van der Waals surface area contributed by atoms with Crippen LogP contribution in [0.25, 0.3) is 0 Å². The summed E-state index contributed by atoms with van der Waals surface area (Å²) in [5.74, 6) is 1.84. The summed E-state index contributed by atoms with van der Waals surface area (Å²) in [6.45, 7) is 7.42. The van der Waals surface area contributed by atoms with E-state index in [4.69, 9.17) is 4.42 Å². The van der Waals surface area contributed by atoms with Crippen LogP contribution in [0.1, 0.15) is 29.8 Å². The van der Waals surface area contributed by atoms with E-state index in [1.54, 1.807) is 0 Å². The minimum atomic E-state index is -3.40. The summed E-state index contributed by atoms with van der Waals surface area (Å²) in [6.07, 6.45) is 0.752. The van der Waals surface area contributed by atoms with Crippen LogP contribution in [0.2, 0.25) is 0 Å². The number of benzene rings is 1. The van der Waals surface area contributed by atoms with Crippen LogP contribution in [0.5, 0.6) is 0 Å². The molecule has 2 aromatic rings. The van der Waals surface area contributed by atoms with Crippen molar-refractivity contribution in [3.05, 3.63) is 47.2 Å². The summed E-state index contributed by atoms with van der Waals surface area (Å²) in [5.41, 5.74) is 2.71. The fourth-order valence-corrected chi connectivity index (χ4v) is 4.53. The van der Waals surface area contributed by atoms with Crippen LogP contribution in [-0.4, -0.2) is 44.7 Å². The highest BCUT2D eigenvalue weighted by Crippen LogP contribution is 2.29. The molecular weight excluding hydrogens is 505 g/mol. The van der Waals surface area contributed by atoms with Crippen LogP contribution in [0, 0.1) is 13.8 Å². The number of aliphatic imine (C=N–C) groups is 1. The quantitative estimate of drug-likeness (QED) is 0.322. The smallest absolute Gasteiger partial charge is 0.236 e. The molecule has 1 aliphatic heterocycles. The first-order valence-electron chi connectivity index (χ1n) is 9.44. The number of guanidine groups is 1. The van der Waals surface area contributed by atoms with Gasteiger partial charge in [0.1, 0.15) is 12.3 Å². The monoisotopic (exact) mass is 533 g/mol. The summed E-state index contributed by atoms with van der Waals surface area (Å²) in [4.78, 5) is 8.72. The highest BCUT2D eigenvalue weighted by Gasteiger charge is 2.28. The van der Waals surface area contributed by atoms with E-state index in [-0.39, 0.29) is 42.8 Å². The van der Waals surface area contributed by atoms with Crippen molar-refractivity contribution in [2.24, 2.45) is 4.99 Å². The van der Waals surface area contributed by atoms with Gasteiger partial charge in [-0.15, -0.1) is 24.0 Å². The predicted octanol–water partition coefficient (Wildman–Crippen LogP) is 2.36. The van der Waals surface area contributed by atoms with E-state index in [0.29, 0.717) is 24.9 Å². The third-order valence-electron chi connectivity index (χ3n) is 4.62. The van der Waals surface area contributed by atoms with E-state index in [9.17, 15) is 8.42 Å². The summed E-state index contributed by atoms with van der Waals surface area (Å²) in [5, 5.41) is 6.19. The summed E-state index contributed by atoms with van der Waals surface area (Å²) in [7, 11) is -3.40. The number of oxazole rings is 1. The number of anilines is 1. The minimum absolute atomic E-state index is 0. The van der Waals surface area contributed by atoms with Gasteiger partial charge in [0.2, 0.25) is 15.9 Å². The number of fused-ring (bicyclic) bond motifs is 1. The molecule has 2 N–H and O–H groups in total. The first-order valence-corrected chi connectivity index (χ1v) is 11.0. The molecule has 0 aliphatic carbocycles. The van der Waals surface area contributed by atoms with Gasteiger partial charge < -0.3 is 15.1 Å². The lowest BCUT2D eigenvalue weighted by Gasteiger charge is -2.20. The largest absolute Gasteiger partial charge is 0.444 e. The van der Waals surface area contributed by atoms with Crippen molar-refractivity contribution in [2.45, 2.75) is 33.7 Å². The maximum absolute atomic E-state index is 12.8. The number of rotatable bonds is 7. The Morgan fingerprint density at radius 1 is 1.28 bits per heavy atom. The van der Waals surface area contributed by atoms with Gasteiger partial charge in [0.25, 0.3) is 0 Å². The van der Waals surface area contributed by atoms with Gasteiger partial charge in [-0.3, -0.25) is 4.31 Å². The highest BCUT2D eigenvalue weighted by atomic mass is 127. The van der Waals surface area contributed by atoms with E-state index < -0.39 is 10.0 Å². The first kappa shape index (κ1) is 23.5. The molecule has 160 valence electrons. The van der Waals surface area contributed by atoms with Crippen molar-refractivity contribution < 1.29 is 12.8 Å². The van der Waals surface area contributed by atoms with Gasteiger partial charge in [-0.1, -0.05) is 18.2 Å². The summed E-state index contributed by atoms with van der Waals surface area (Å²) in [6, 6.07) is 7.64. The molecule has 0 atom stereocenters. The third-order valence-corrected chi connectivity index (χ3v) is 6.39. The van der Waals surface area contributed by atoms with Gasteiger partial charge in [-0.25, -0.2) is 18.4 Å². The van der Waals surface area contributed by atoms with Crippen molar-refractivity contribution in [1.29, 1.82) is 0 Å². The van der Waals surface area contributed by atoms with Crippen LogP contribution >= 0.6 is 24.0 Å². The van der Waals surface area contributed by atoms with Crippen molar-refractivity contribution in [3.63, 3.8) is 0 Å². The van der Waals surface area contributed by atoms with E-state index in [1.807, 2.05) is 45.0 Å². The van der Waals surface area contributed by atoms with Crippen LogP contribution in [0.4, 0.5) is 5.69 Å². The van der Waals surface area contributed by atoms with E-state index >= 15 is 0 Å². The summed E-state index contributed by atoms with van der Waals surface area (Å²) >= 11 is 0. The number of hydrogen-bond acceptors (Lipinski definition) is 5. The second-order valence-electron chi connectivity index (χ2n) is 6.64. The third kappa shape index (κ3) is 5.84. The molecule has 1 aromatic carbocycles. The number of nitrogens with zero attached hydrogens (tertiary/aromatic N) is 3. The number of sulfonamides is 1. The molecule has 0 bridgehead atoms. The lowest BCUT2D eigenvalue weighted by molar-refractivity contribution is 0.473. The Labute approximate surface area is 189 Å². The van der Waals surface area contributed by atoms with Gasteiger partial charge in [0.15, 0.2) is 5.96 Å². The Morgan fingerprint density at radius 2 is 2.03 bits per heavy atom. The molecule has 29 heavy (non-hydrogen) atoms. The second-order valence-corrected chi connectivity index (χ2v) is 8.65. The van der Waals surface area contributed by atoms with Crippen molar-refractivity contribution in [1.82, 2.24) is 15.6 Å².